The summed E-state index contributed by atoms with van der Waals surface area (Å²) >= 11 is 0. The van der Waals surface area contributed by atoms with Crippen LogP contribution < -0.4 is 15.4 Å². The molecular formula is C18H28N4O2. The first-order chi connectivity index (χ1) is 11.7. The van der Waals surface area contributed by atoms with Gasteiger partial charge in [-0.25, -0.2) is 4.99 Å². The molecule has 0 atom stereocenters. The second-order valence-corrected chi connectivity index (χ2v) is 5.82. The third kappa shape index (κ3) is 5.76. The molecule has 1 aliphatic heterocycles. The Balaban J connectivity index is 1.74. The van der Waals surface area contributed by atoms with Crippen LogP contribution >= 0.6 is 0 Å². The van der Waals surface area contributed by atoms with Crippen LogP contribution in [0, 0.1) is 6.92 Å². The number of likely N-dealkylation sites (tertiary alicyclic amines) is 1. The Labute approximate surface area is 144 Å². The van der Waals surface area contributed by atoms with Gasteiger partial charge in [-0.2, -0.15) is 0 Å². The number of aliphatic imine (C=N–C) groups is 1. The summed E-state index contributed by atoms with van der Waals surface area (Å²) in [6, 6.07) is 7.95. The predicted molar refractivity (Wildman–Crippen MR) is 96.5 cm³/mol. The molecule has 1 aromatic carbocycles. The van der Waals surface area contributed by atoms with Crippen LogP contribution in [0.2, 0.25) is 0 Å². The van der Waals surface area contributed by atoms with E-state index in [-0.39, 0.29) is 12.5 Å². The van der Waals surface area contributed by atoms with Crippen LogP contribution in [0.25, 0.3) is 0 Å². The minimum Gasteiger partial charge on any atom is -0.491 e. The Hall–Kier alpha value is -2.24. The molecule has 0 bridgehead atoms. The van der Waals surface area contributed by atoms with Gasteiger partial charge < -0.3 is 20.3 Å². The van der Waals surface area contributed by atoms with E-state index in [1.54, 1.807) is 0 Å². The van der Waals surface area contributed by atoms with Gasteiger partial charge in [-0.3, -0.25) is 4.79 Å². The zero-order chi connectivity index (χ0) is 17.2. The molecule has 0 aliphatic carbocycles. The van der Waals surface area contributed by atoms with Gasteiger partial charge in [-0.15, -0.1) is 0 Å². The highest BCUT2D eigenvalue weighted by Gasteiger charge is 2.17. The average Bonchev–Trinajstić information content (AvgIpc) is 3.12. The van der Waals surface area contributed by atoms with Crippen molar-refractivity contribution in [3.05, 3.63) is 29.8 Å². The van der Waals surface area contributed by atoms with E-state index in [1.807, 2.05) is 43.0 Å². The molecule has 24 heavy (non-hydrogen) atoms. The molecule has 1 fully saturated rings. The van der Waals surface area contributed by atoms with E-state index in [4.69, 9.17) is 4.74 Å². The maximum Gasteiger partial charge on any atom is 0.244 e. The molecule has 0 radical (unpaired) electrons. The van der Waals surface area contributed by atoms with Crippen molar-refractivity contribution < 1.29 is 9.53 Å². The van der Waals surface area contributed by atoms with Gasteiger partial charge in [0.2, 0.25) is 5.91 Å². The largest absolute Gasteiger partial charge is 0.491 e. The standard InChI is InChI=1S/C18H28N4O2/c1-3-19-18(21-14-17(23)22-11-6-7-12-22)20-10-13-24-16-9-5-4-8-15(16)2/h4-5,8-9H,3,6-7,10-14H2,1-2H3,(H2,19,20,21). The average molecular weight is 332 g/mol. The molecule has 1 saturated heterocycles. The fraction of sp³-hybridized carbons (Fsp3) is 0.556. The molecular weight excluding hydrogens is 304 g/mol. The van der Waals surface area contributed by atoms with Gasteiger partial charge in [-0.1, -0.05) is 18.2 Å². The highest BCUT2D eigenvalue weighted by molar-refractivity contribution is 5.85. The first-order valence-corrected chi connectivity index (χ1v) is 8.69. The summed E-state index contributed by atoms with van der Waals surface area (Å²) in [5.41, 5.74) is 1.12. The predicted octanol–water partition coefficient (Wildman–Crippen LogP) is 1.55. The summed E-state index contributed by atoms with van der Waals surface area (Å²) in [5, 5.41) is 6.35. The molecule has 1 amide bonds. The van der Waals surface area contributed by atoms with E-state index in [9.17, 15) is 4.79 Å². The number of para-hydroxylation sites is 1. The number of guanidine groups is 1. The normalized spacial score (nSPS) is 14.6. The molecule has 6 heteroatoms. The molecule has 6 nitrogen and oxygen atoms in total. The number of aryl methyl sites for hydroxylation is 1. The van der Waals surface area contributed by atoms with Crippen LogP contribution in [0.3, 0.4) is 0 Å². The number of hydrogen-bond donors (Lipinski definition) is 2. The van der Waals surface area contributed by atoms with E-state index in [0.29, 0.717) is 19.1 Å². The van der Waals surface area contributed by atoms with Gasteiger partial charge in [0, 0.05) is 19.6 Å². The summed E-state index contributed by atoms with van der Waals surface area (Å²) < 4.78 is 5.75. The van der Waals surface area contributed by atoms with Gasteiger partial charge in [0.15, 0.2) is 5.96 Å². The monoisotopic (exact) mass is 332 g/mol. The molecule has 0 spiro atoms. The minimum atomic E-state index is 0.0980. The Kier molecular flexibility index (Phi) is 7.39. The van der Waals surface area contributed by atoms with Crippen LogP contribution in [0.4, 0.5) is 0 Å². The summed E-state index contributed by atoms with van der Waals surface area (Å²) in [6.07, 6.45) is 2.20. The smallest absolute Gasteiger partial charge is 0.244 e. The number of ether oxygens (including phenoxy) is 1. The van der Waals surface area contributed by atoms with Crippen molar-refractivity contribution in [3.63, 3.8) is 0 Å². The molecule has 2 N–H and O–H groups in total. The number of benzene rings is 1. The second-order valence-electron chi connectivity index (χ2n) is 5.82. The number of amides is 1. The van der Waals surface area contributed by atoms with Crippen LogP contribution in [-0.2, 0) is 4.79 Å². The molecule has 2 rings (SSSR count). The summed E-state index contributed by atoms with van der Waals surface area (Å²) in [6.45, 7) is 7.86. The van der Waals surface area contributed by atoms with Gasteiger partial charge in [0.1, 0.15) is 18.9 Å². The number of hydrogen-bond acceptors (Lipinski definition) is 3. The van der Waals surface area contributed by atoms with Crippen molar-refractivity contribution >= 4 is 11.9 Å². The molecule has 1 heterocycles. The lowest BCUT2D eigenvalue weighted by atomic mass is 10.2. The van der Waals surface area contributed by atoms with Gasteiger partial charge >= 0.3 is 0 Å². The Morgan fingerprint density at radius 2 is 2.00 bits per heavy atom. The van der Waals surface area contributed by atoms with E-state index in [1.165, 1.54) is 0 Å². The van der Waals surface area contributed by atoms with Crippen molar-refractivity contribution in [2.24, 2.45) is 4.99 Å². The van der Waals surface area contributed by atoms with Crippen LogP contribution in [0.5, 0.6) is 5.75 Å². The van der Waals surface area contributed by atoms with Crippen molar-refractivity contribution in [1.29, 1.82) is 0 Å². The van der Waals surface area contributed by atoms with Gasteiger partial charge in [0.05, 0.1) is 6.54 Å². The zero-order valence-corrected chi connectivity index (χ0v) is 14.7. The summed E-state index contributed by atoms with van der Waals surface area (Å²) in [7, 11) is 0. The van der Waals surface area contributed by atoms with Crippen molar-refractivity contribution in [2.75, 3.05) is 39.3 Å². The third-order valence-corrected chi connectivity index (χ3v) is 3.92. The third-order valence-electron chi connectivity index (χ3n) is 3.92. The Bertz CT molecular complexity index is 554. The lowest BCUT2D eigenvalue weighted by Gasteiger charge is -2.15. The summed E-state index contributed by atoms with van der Waals surface area (Å²) in [5.74, 6) is 1.64. The molecule has 0 unspecified atom stereocenters. The first kappa shape index (κ1) is 18.1. The maximum absolute atomic E-state index is 12.0. The molecule has 132 valence electrons. The van der Waals surface area contributed by atoms with Crippen LogP contribution in [0.1, 0.15) is 25.3 Å². The fourth-order valence-corrected chi connectivity index (χ4v) is 2.60. The zero-order valence-electron chi connectivity index (χ0n) is 14.7. The van der Waals surface area contributed by atoms with E-state index in [0.717, 1.165) is 43.8 Å². The van der Waals surface area contributed by atoms with Crippen molar-refractivity contribution in [2.45, 2.75) is 26.7 Å². The number of carbonyl (C=O) groups excluding carboxylic acids is 1. The Morgan fingerprint density at radius 1 is 1.25 bits per heavy atom. The quantitative estimate of drug-likeness (QED) is 0.452. The Morgan fingerprint density at radius 3 is 2.71 bits per heavy atom. The van der Waals surface area contributed by atoms with E-state index >= 15 is 0 Å². The fourth-order valence-electron chi connectivity index (χ4n) is 2.60. The number of nitrogens with zero attached hydrogens (tertiary/aromatic N) is 2. The van der Waals surface area contributed by atoms with Crippen molar-refractivity contribution in [3.8, 4) is 5.75 Å². The molecule has 0 saturated carbocycles. The van der Waals surface area contributed by atoms with Crippen LogP contribution in [-0.4, -0.2) is 56.1 Å². The van der Waals surface area contributed by atoms with Crippen LogP contribution in [0.15, 0.2) is 29.3 Å². The maximum atomic E-state index is 12.0. The van der Waals surface area contributed by atoms with Gasteiger partial charge in [0.25, 0.3) is 0 Å². The first-order valence-electron chi connectivity index (χ1n) is 8.69. The van der Waals surface area contributed by atoms with Gasteiger partial charge in [-0.05, 0) is 38.3 Å². The minimum absolute atomic E-state index is 0.0980. The molecule has 1 aromatic rings. The lowest BCUT2D eigenvalue weighted by Crippen LogP contribution is -2.40. The number of carbonyl (C=O) groups is 1. The molecule has 1 aliphatic rings. The summed E-state index contributed by atoms with van der Waals surface area (Å²) in [4.78, 5) is 18.3. The lowest BCUT2D eigenvalue weighted by molar-refractivity contribution is -0.128. The topological polar surface area (TPSA) is 66.0 Å². The van der Waals surface area contributed by atoms with Crippen molar-refractivity contribution in [1.82, 2.24) is 15.5 Å². The highest BCUT2D eigenvalue weighted by Crippen LogP contribution is 2.15. The molecule has 0 aromatic heterocycles. The SMILES string of the molecule is CCNC(=NCC(=O)N1CCCC1)NCCOc1ccccc1C. The number of nitrogens with one attached hydrogen (secondary N) is 2. The number of rotatable bonds is 7. The van der Waals surface area contributed by atoms with E-state index in [2.05, 4.69) is 15.6 Å². The second kappa shape index (κ2) is 9.80. The van der Waals surface area contributed by atoms with E-state index < -0.39 is 0 Å². The highest BCUT2D eigenvalue weighted by atomic mass is 16.5.